The Balaban J connectivity index is 2.17. The number of nitrogens with zero attached hydrogens (tertiary/aromatic N) is 4. The van der Waals surface area contributed by atoms with Gasteiger partial charge in [0.05, 0.1) is 12.0 Å². The third kappa shape index (κ3) is 2.10. The number of aryl methyl sites for hydroxylation is 1. The van der Waals surface area contributed by atoms with E-state index in [1.807, 2.05) is 4.57 Å². The molecule has 0 saturated heterocycles. The van der Waals surface area contributed by atoms with E-state index in [4.69, 9.17) is 11.6 Å². The van der Waals surface area contributed by atoms with Gasteiger partial charge >= 0.3 is 0 Å². The standard InChI is InChI=1S/C14H13ClN4O/c1-2-7-18-8-16-12-13(18)17-9-19(14(12)20)11-5-3-10(15)4-6-11/h3-6,8-9H,2,7H2,1H3. The second kappa shape index (κ2) is 5.09. The largest absolute Gasteiger partial charge is 0.315 e. The summed E-state index contributed by atoms with van der Waals surface area (Å²) in [5.74, 6) is 0. The van der Waals surface area contributed by atoms with E-state index in [-0.39, 0.29) is 5.56 Å². The zero-order valence-corrected chi connectivity index (χ0v) is 11.7. The fraction of sp³-hybridized carbons (Fsp3) is 0.214. The molecule has 2 aromatic heterocycles. The Labute approximate surface area is 120 Å². The Hall–Kier alpha value is -2.14. The van der Waals surface area contributed by atoms with Crippen molar-refractivity contribution in [2.24, 2.45) is 0 Å². The molecule has 2 heterocycles. The molecule has 0 aliphatic rings. The fourth-order valence-corrected chi connectivity index (χ4v) is 2.26. The Morgan fingerprint density at radius 3 is 2.60 bits per heavy atom. The molecule has 0 aliphatic heterocycles. The highest BCUT2D eigenvalue weighted by atomic mass is 35.5. The zero-order valence-electron chi connectivity index (χ0n) is 11.0. The summed E-state index contributed by atoms with van der Waals surface area (Å²) in [6.45, 7) is 2.87. The van der Waals surface area contributed by atoms with Crippen LogP contribution in [0.15, 0.2) is 41.7 Å². The molecule has 0 radical (unpaired) electrons. The molecule has 0 bridgehead atoms. The molecular formula is C14H13ClN4O. The topological polar surface area (TPSA) is 52.7 Å². The van der Waals surface area contributed by atoms with E-state index in [0.717, 1.165) is 18.7 Å². The van der Waals surface area contributed by atoms with Crippen molar-refractivity contribution in [3.8, 4) is 5.69 Å². The highest BCUT2D eigenvalue weighted by Crippen LogP contribution is 2.13. The number of fused-ring (bicyclic) bond motifs is 1. The molecule has 0 aliphatic carbocycles. The third-order valence-corrected chi connectivity index (χ3v) is 3.35. The molecule has 20 heavy (non-hydrogen) atoms. The van der Waals surface area contributed by atoms with Crippen LogP contribution in [0.25, 0.3) is 16.9 Å². The first kappa shape index (κ1) is 12.9. The van der Waals surface area contributed by atoms with Crippen LogP contribution >= 0.6 is 11.6 Å². The van der Waals surface area contributed by atoms with Crippen LogP contribution in [-0.4, -0.2) is 19.1 Å². The number of hydrogen-bond donors (Lipinski definition) is 0. The Kier molecular flexibility index (Phi) is 3.28. The minimum atomic E-state index is -0.174. The minimum absolute atomic E-state index is 0.174. The lowest BCUT2D eigenvalue weighted by molar-refractivity contribution is 0.690. The Morgan fingerprint density at radius 1 is 1.15 bits per heavy atom. The first-order valence-electron chi connectivity index (χ1n) is 6.39. The van der Waals surface area contributed by atoms with Crippen LogP contribution in [0.2, 0.25) is 5.02 Å². The Bertz CT molecular complexity index is 804. The molecule has 3 aromatic rings. The summed E-state index contributed by atoms with van der Waals surface area (Å²) < 4.78 is 3.37. The van der Waals surface area contributed by atoms with Crippen molar-refractivity contribution >= 4 is 22.8 Å². The molecule has 5 nitrogen and oxygen atoms in total. The van der Waals surface area contributed by atoms with Gasteiger partial charge in [0, 0.05) is 11.6 Å². The van der Waals surface area contributed by atoms with Crippen LogP contribution in [-0.2, 0) is 6.54 Å². The quantitative estimate of drug-likeness (QED) is 0.744. The van der Waals surface area contributed by atoms with Gasteiger partial charge in [-0.15, -0.1) is 0 Å². The number of hydrogen-bond acceptors (Lipinski definition) is 3. The molecule has 6 heteroatoms. The van der Waals surface area contributed by atoms with Gasteiger partial charge in [-0.1, -0.05) is 18.5 Å². The summed E-state index contributed by atoms with van der Waals surface area (Å²) in [7, 11) is 0. The normalized spacial score (nSPS) is 11.1. The highest BCUT2D eigenvalue weighted by Gasteiger charge is 2.10. The SMILES string of the molecule is CCCn1cnc2c(=O)n(-c3ccc(Cl)cc3)cnc21. The van der Waals surface area contributed by atoms with Crippen molar-refractivity contribution in [3.63, 3.8) is 0 Å². The van der Waals surface area contributed by atoms with Crippen molar-refractivity contribution in [1.29, 1.82) is 0 Å². The van der Waals surface area contributed by atoms with Gasteiger partial charge in [0.2, 0.25) is 0 Å². The molecular weight excluding hydrogens is 276 g/mol. The van der Waals surface area contributed by atoms with Crippen LogP contribution in [0, 0.1) is 0 Å². The van der Waals surface area contributed by atoms with Gasteiger partial charge in [-0.25, -0.2) is 9.97 Å². The maximum absolute atomic E-state index is 12.4. The summed E-state index contributed by atoms with van der Waals surface area (Å²) in [6.07, 6.45) is 4.16. The number of imidazole rings is 1. The Morgan fingerprint density at radius 2 is 1.90 bits per heavy atom. The molecule has 0 saturated carbocycles. The molecule has 0 unspecified atom stereocenters. The molecule has 0 amide bonds. The molecule has 102 valence electrons. The average molecular weight is 289 g/mol. The zero-order chi connectivity index (χ0) is 14.1. The number of aromatic nitrogens is 4. The minimum Gasteiger partial charge on any atom is -0.315 e. The van der Waals surface area contributed by atoms with Crippen molar-refractivity contribution in [3.05, 3.63) is 52.3 Å². The number of benzene rings is 1. The second-order valence-corrected chi connectivity index (χ2v) is 4.94. The van der Waals surface area contributed by atoms with E-state index >= 15 is 0 Å². The van der Waals surface area contributed by atoms with Gasteiger partial charge < -0.3 is 4.57 Å². The smallest absolute Gasteiger partial charge is 0.286 e. The summed E-state index contributed by atoms with van der Waals surface area (Å²) in [6, 6.07) is 7.03. The molecule has 1 aromatic carbocycles. The van der Waals surface area contributed by atoms with E-state index in [2.05, 4.69) is 16.9 Å². The van der Waals surface area contributed by atoms with E-state index in [1.165, 1.54) is 10.9 Å². The average Bonchev–Trinajstić information content (AvgIpc) is 2.85. The van der Waals surface area contributed by atoms with Crippen molar-refractivity contribution in [2.45, 2.75) is 19.9 Å². The van der Waals surface area contributed by atoms with Gasteiger partial charge in [-0.3, -0.25) is 9.36 Å². The molecule has 0 fully saturated rings. The number of rotatable bonds is 3. The van der Waals surface area contributed by atoms with Gasteiger partial charge in [0.25, 0.3) is 5.56 Å². The van der Waals surface area contributed by atoms with E-state index in [9.17, 15) is 4.79 Å². The first-order chi connectivity index (χ1) is 9.70. The predicted molar refractivity (Wildman–Crippen MR) is 78.4 cm³/mol. The van der Waals surface area contributed by atoms with Crippen LogP contribution in [0.4, 0.5) is 0 Å². The fourth-order valence-electron chi connectivity index (χ4n) is 2.13. The highest BCUT2D eigenvalue weighted by molar-refractivity contribution is 6.30. The molecule has 3 rings (SSSR count). The summed E-state index contributed by atoms with van der Waals surface area (Å²) in [4.78, 5) is 21.0. The summed E-state index contributed by atoms with van der Waals surface area (Å²) in [5, 5.41) is 0.628. The molecule has 0 spiro atoms. The van der Waals surface area contributed by atoms with Gasteiger partial charge in [0.1, 0.15) is 6.33 Å². The number of halogens is 1. The van der Waals surface area contributed by atoms with E-state index in [0.29, 0.717) is 16.2 Å². The van der Waals surface area contributed by atoms with E-state index in [1.54, 1.807) is 30.6 Å². The maximum Gasteiger partial charge on any atom is 0.286 e. The van der Waals surface area contributed by atoms with Crippen LogP contribution in [0.5, 0.6) is 0 Å². The monoisotopic (exact) mass is 288 g/mol. The third-order valence-electron chi connectivity index (χ3n) is 3.10. The van der Waals surface area contributed by atoms with Crippen LogP contribution < -0.4 is 5.56 Å². The lowest BCUT2D eigenvalue weighted by Gasteiger charge is -2.05. The second-order valence-electron chi connectivity index (χ2n) is 4.51. The van der Waals surface area contributed by atoms with E-state index < -0.39 is 0 Å². The lowest BCUT2D eigenvalue weighted by Crippen LogP contribution is -2.19. The van der Waals surface area contributed by atoms with Crippen LogP contribution in [0.3, 0.4) is 0 Å². The summed E-state index contributed by atoms with van der Waals surface area (Å²) in [5.41, 5.74) is 1.56. The first-order valence-corrected chi connectivity index (χ1v) is 6.77. The van der Waals surface area contributed by atoms with Crippen molar-refractivity contribution in [1.82, 2.24) is 19.1 Å². The maximum atomic E-state index is 12.4. The summed E-state index contributed by atoms with van der Waals surface area (Å²) >= 11 is 5.85. The van der Waals surface area contributed by atoms with Gasteiger partial charge in [0.15, 0.2) is 11.2 Å². The molecule has 0 N–H and O–H groups in total. The predicted octanol–water partition coefficient (Wildman–Crippen LogP) is 2.65. The molecule has 0 atom stereocenters. The van der Waals surface area contributed by atoms with Crippen molar-refractivity contribution in [2.75, 3.05) is 0 Å². The van der Waals surface area contributed by atoms with Gasteiger partial charge in [-0.2, -0.15) is 0 Å². The lowest BCUT2D eigenvalue weighted by atomic mass is 10.3. The van der Waals surface area contributed by atoms with Crippen LogP contribution in [0.1, 0.15) is 13.3 Å². The van der Waals surface area contributed by atoms with Crippen molar-refractivity contribution < 1.29 is 0 Å². The van der Waals surface area contributed by atoms with Gasteiger partial charge in [-0.05, 0) is 30.7 Å².